The van der Waals surface area contributed by atoms with E-state index in [2.05, 4.69) is 24.4 Å². The fourth-order valence-corrected chi connectivity index (χ4v) is 4.94. The molecule has 1 aliphatic rings. The Balaban J connectivity index is 1.47. The van der Waals surface area contributed by atoms with Gasteiger partial charge >= 0.3 is 0 Å². The lowest BCUT2D eigenvalue weighted by atomic mass is 10.0. The van der Waals surface area contributed by atoms with Gasteiger partial charge in [0, 0.05) is 26.1 Å². The first-order chi connectivity index (χ1) is 13.5. The van der Waals surface area contributed by atoms with Crippen LogP contribution in [0.3, 0.4) is 0 Å². The topological polar surface area (TPSA) is 66.5 Å². The van der Waals surface area contributed by atoms with Crippen LogP contribution in [0.1, 0.15) is 43.2 Å². The Labute approximate surface area is 167 Å². The lowest BCUT2D eigenvalue weighted by Gasteiger charge is -2.15. The third kappa shape index (κ3) is 5.20. The Morgan fingerprint density at radius 2 is 1.68 bits per heavy atom. The van der Waals surface area contributed by atoms with Crippen LogP contribution in [0.15, 0.2) is 59.5 Å². The van der Waals surface area contributed by atoms with Gasteiger partial charge in [-0.2, -0.15) is 4.31 Å². The summed E-state index contributed by atoms with van der Waals surface area (Å²) in [6.07, 6.45) is 2.83. The average molecular weight is 401 g/mol. The van der Waals surface area contributed by atoms with Crippen LogP contribution in [0.5, 0.6) is 0 Å². The van der Waals surface area contributed by atoms with Crippen molar-refractivity contribution in [3.8, 4) is 0 Å². The Bertz CT molecular complexity index is 874. The van der Waals surface area contributed by atoms with E-state index in [1.165, 1.54) is 5.56 Å². The van der Waals surface area contributed by atoms with Crippen molar-refractivity contribution < 1.29 is 13.2 Å². The number of nitrogens with zero attached hydrogens (tertiary/aromatic N) is 1. The number of benzene rings is 2. The molecule has 1 heterocycles. The van der Waals surface area contributed by atoms with E-state index in [1.54, 1.807) is 16.4 Å². The molecule has 1 N–H and O–H groups in total. The van der Waals surface area contributed by atoms with Gasteiger partial charge in [0.2, 0.25) is 15.9 Å². The van der Waals surface area contributed by atoms with Gasteiger partial charge < -0.3 is 5.32 Å². The molecule has 6 heteroatoms. The van der Waals surface area contributed by atoms with Crippen molar-refractivity contribution in [2.24, 2.45) is 0 Å². The van der Waals surface area contributed by atoms with Crippen LogP contribution in [0, 0.1) is 0 Å². The highest BCUT2D eigenvalue weighted by atomic mass is 32.2. The highest BCUT2D eigenvalue weighted by molar-refractivity contribution is 7.89. The highest BCUT2D eigenvalue weighted by Crippen LogP contribution is 2.21. The number of rotatable bonds is 8. The quantitative estimate of drug-likeness (QED) is 0.739. The standard InChI is InChI=1S/C22H28N2O3S/c1-18(20-7-3-2-4-8-20)17-23-22(25)14-11-19-9-12-21(13-10-19)28(26,27)24-15-5-6-16-24/h2-4,7-10,12-13,18H,5-6,11,14-17H2,1H3,(H,23,25)/t18-/m0/s1. The second kappa shape index (κ2) is 9.34. The van der Waals surface area contributed by atoms with E-state index in [9.17, 15) is 13.2 Å². The molecule has 0 aromatic heterocycles. The minimum atomic E-state index is -3.38. The third-order valence-electron chi connectivity index (χ3n) is 5.24. The molecule has 0 saturated carbocycles. The van der Waals surface area contributed by atoms with Gasteiger partial charge in [-0.15, -0.1) is 0 Å². The molecule has 5 nitrogen and oxygen atoms in total. The second-order valence-electron chi connectivity index (χ2n) is 7.37. The first kappa shape index (κ1) is 20.6. The number of hydrogen-bond acceptors (Lipinski definition) is 3. The summed E-state index contributed by atoms with van der Waals surface area (Å²) in [7, 11) is -3.38. The fourth-order valence-electron chi connectivity index (χ4n) is 3.42. The molecule has 0 aliphatic carbocycles. The smallest absolute Gasteiger partial charge is 0.243 e. The van der Waals surface area contributed by atoms with Gasteiger partial charge in [0.15, 0.2) is 0 Å². The zero-order valence-corrected chi connectivity index (χ0v) is 17.1. The number of amides is 1. The van der Waals surface area contributed by atoms with Crippen molar-refractivity contribution in [3.05, 3.63) is 65.7 Å². The molecule has 1 saturated heterocycles. The Hall–Kier alpha value is -2.18. The van der Waals surface area contributed by atoms with E-state index < -0.39 is 10.0 Å². The van der Waals surface area contributed by atoms with E-state index in [1.807, 2.05) is 30.3 Å². The van der Waals surface area contributed by atoms with Gasteiger partial charge in [-0.3, -0.25) is 4.79 Å². The summed E-state index contributed by atoms with van der Waals surface area (Å²) in [5.74, 6) is 0.275. The Morgan fingerprint density at radius 3 is 2.32 bits per heavy atom. The molecule has 1 atom stereocenters. The number of aryl methyl sites for hydroxylation is 1. The zero-order valence-electron chi connectivity index (χ0n) is 16.3. The average Bonchev–Trinajstić information content (AvgIpc) is 3.27. The van der Waals surface area contributed by atoms with Crippen molar-refractivity contribution in [3.63, 3.8) is 0 Å². The number of hydrogen-bond donors (Lipinski definition) is 1. The van der Waals surface area contributed by atoms with E-state index in [-0.39, 0.29) is 11.8 Å². The van der Waals surface area contributed by atoms with Crippen LogP contribution in [-0.4, -0.2) is 38.3 Å². The lowest BCUT2D eigenvalue weighted by Crippen LogP contribution is -2.28. The zero-order chi connectivity index (χ0) is 20.0. The first-order valence-corrected chi connectivity index (χ1v) is 11.3. The summed E-state index contributed by atoms with van der Waals surface area (Å²) in [5, 5.41) is 2.98. The number of carbonyl (C=O) groups is 1. The molecule has 0 bridgehead atoms. The third-order valence-corrected chi connectivity index (χ3v) is 7.15. The van der Waals surface area contributed by atoms with E-state index in [0.717, 1.165) is 18.4 Å². The summed E-state index contributed by atoms with van der Waals surface area (Å²) in [6, 6.07) is 17.0. The number of nitrogens with one attached hydrogen (secondary N) is 1. The Kier molecular flexibility index (Phi) is 6.86. The molecule has 28 heavy (non-hydrogen) atoms. The molecule has 0 radical (unpaired) electrons. The predicted octanol–water partition coefficient (Wildman–Crippen LogP) is 3.32. The van der Waals surface area contributed by atoms with Gasteiger partial charge in [0.25, 0.3) is 0 Å². The summed E-state index contributed by atoms with van der Waals surface area (Å²) in [5.41, 5.74) is 2.17. The maximum atomic E-state index is 12.5. The summed E-state index contributed by atoms with van der Waals surface area (Å²) >= 11 is 0. The molecule has 2 aromatic carbocycles. The predicted molar refractivity (Wildman–Crippen MR) is 111 cm³/mol. The Morgan fingerprint density at radius 1 is 1.04 bits per heavy atom. The molecule has 2 aromatic rings. The molecule has 1 fully saturated rings. The van der Waals surface area contributed by atoms with Crippen molar-refractivity contribution in [2.75, 3.05) is 19.6 Å². The molecule has 1 amide bonds. The minimum Gasteiger partial charge on any atom is -0.355 e. The highest BCUT2D eigenvalue weighted by Gasteiger charge is 2.26. The van der Waals surface area contributed by atoms with Crippen molar-refractivity contribution in [1.29, 1.82) is 0 Å². The van der Waals surface area contributed by atoms with Crippen molar-refractivity contribution in [2.45, 2.75) is 43.4 Å². The SMILES string of the molecule is C[C@@H](CNC(=O)CCc1ccc(S(=O)(=O)N2CCCC2)cc1)c1ccccc1. The summed E-state index contributed by atoms with van der Waals surface area (Å²) in [6.45, 7) is 3.91. The van der Waals surface area contributed by atoms with Gasteiger partial charge in [0.05, 0.1) is 4.90 Å². The molecular formula is C22H28N2O3S. The monoisotopic (exact) mass is 400 g/mol. The fraction of sp³-hybridized carbons (Fsp3) is 0.409. The van der Waals surface area contributed by atoms with Crippen LogP contribution in [0.4, 0.5) is 0 Å². The molecule has 3 rings (SSSR count). The molecule has 1 aliphatic heterocycles. The van der Waals surface area contributed by atoms with Gasteiger partial charge in [-0.05, 0) is 48.4 Å². The molecule has 0 unspecified atom stereocenters. The van der Waals surface area contributed by atoms with E-state index in [0.29, 0.717) is 37.4 Å². The normalized spacial score (nSPS) is 16.0. The van der Waals surface area contributed by atoms with Crippen molar-refractivity contribution in [1.82, 2.24) is 9.62 Å². The molecule has 0 spiro atoms. The number of sulfonamides is 1. The second-order valence-corrected chi connectivity index (χ2v) is 9.31. The maximum absolute atomic E-state index is 12.5. The molecule has 150 valence electrons. The van der Waals surface area contributed by atoms with Crippen LogP contribution >= 0.6 is 0 Å². The summed E-state index contributed by atoms with van der Waals surface area (Å²) in [4.78, 5) is 12.5. The van der Waals surface area contributed by atoms with Crippen LogP contribution in [0.2, 0.25) is 0 Å². The van der Waals surface area contributed by atoms with E-state index >= 15 is 0 Å². The first-order valence-electron chi connectivity index (χ1n) is 9.87. The van der Waals surface area contributed by atoms with E-state index in [4.69, 9.17) is 0 Å². The minimum absolute atomic E-state index is 0.0107. The van der Waals surface area contributed by atoms with Gasteiger partial charge in [-0.25, -0.2) is 8.42 Å². The van der Waals surface area contributed by atoms with Crippen LogP contribution < -0.4 is 5.32 Å². The maximum Gasteiger partial charge on any atom is 0.243 e. The number of carbonyl (C=O) groups excluding carboxylic acids is 1. The summed E-state index contributed by atoms with van der Waals surface area (Å²) < 4.78 is 26.6. The van der Waals surface area contributed by atoms with Crippen LogP contribution in [-0.2, 0) is 21.2 Å². The van der Waals surface area contributed by atoms with Gasteiger partial charge in [-0.1, -0.05) is 49.4 Å². The van der Waals surface area contributed by atoms with Crippen molar-refractivity contribution >= 4 is 15.9 Å². The molecular weight excluding hydrogens is 372 g/mol. The van der Waals surface area contributed by atoms with Crippen LogP contribution in [0.25, 0.3) is 0 Å². The lowest BCUT2D eigenvalue weighted by molar-refractivity contribution is -0.121. The van der Waals surface area contributed by atoms with Gasteiger partial charge in [0.1, 0.15) is 0 Å². The largest absolute Gasteiger partial charge is 0.355 e.